The fraction of sp³-hybridized carbons (Fsp3) is 0.0769. The summed E-state index contributed by atoms with van der Waals surface area (Å²) in [4.78, 5) is 0. The number of anilines is 1. The first-order valence-corrected chi connectivity index (χ1v) is 5.67. The van der Waals surface area contributed by atoms with E-state index in [1.807, 2.05) is 0 Å². The highest BCUT2D eigenvalue weighted by Crippen LogP contribution is 2.20. The number of halogens is 5. The molecule has 1 N–H and O–H groups in total. The summed E-state index contributed by atoms with van der Waals surface area (Å²) in [5.41, 5.74) is 0.702. The van der Waals surface area contributed by atoms with Gasteiger partial charge in [0.25, 0.3) is 0 Å². The highest BCUT2D eigenvalue weighted by molar-refractivity contribution is 6.31. The SMILES string of the molecule is Fc1ccc(NCc2cc(F)c(F)c(F)c2)cc1Cl. The maximum absolute atomic E-state index is 13.0. The Morgan fingerprint density at radius 2 is 1.53 bits per heavy atom. The van der Waals surface area contributed by atoms with Gasteiger partial charge < -0.3 is 5.32 Å². The minimum absolute atomic E-state index is 0.0517. The Kier molecular flexibility index (Phi) is 3.95. The molecule has 0 radical (unpaired) electrons. The summed E-state index contributed by atoms with van der Waals surface area (Å²) in [6.07, 6.45) is 0. The van der Waals surface area contributed by atoms with Crippen LogP contribution < -0.4 is 5.32 Å². The third-order valence-electron chi connectivity index (χ3n) is 2.46. The summed E-state index contributed by atoms with van der Waals surface area (Å²) >= 11 is 5.58. The van der Waals surface area contributed by atoms with Crippen molar-refractivity contribution in [3.8, 4) is 0 Å². The van der Waals surface area contributed by atoms with Crippen molar-refractivity contribution in [2.24, 2.45) is 0 Å². The highest BCUT2D eigenvalue weighted by Gasteiger charge is 2.10. The lowest BCUT2D eigenvalue weighted by Crippen LogP contribution is -2.02. The van der Waals surface area contributed by atoms with Crippen molar-refractivity contribution in [1.29, 1.82) is 0 Å². The van der Waals surface area contributed by atoms with E-state index in [4.69, 9.17) is 11.6 Å². The predicted octanol–water partition coefficient (Wildman–Crippen LogP) is 4.51. The van der Waals surface area contributed by atoms with Crippen LogP contribution >= 0.6 is 11.6 Å². The van der Waals surface area contributed by atoms with E-state index in [2.05, 4.69) is 5.32 Å². The van der Waals surface area contributed by atoms with Crippen molar-refractivity contribution < 1.29 is 17.6 Å². The second-order valence-electron chi connectivity index (χ2n) is 3.86. The molecule has 0 aromatic heterocycles. The Balaban J connectivity index is 2.12. The minimum atomic E-state index is -1.51. The molecule has 0 aliphatic heterocycles. The maximum Gasteiger partial charge on any atom is 0.194 e. The zero-order chi connectivity index (χ0) is 14.0. The van der Waals surface area contributed by atoms with Gasteiger partial charge >= 0.3 is 0 Å². The standard InChI is InChI=1S/C13H8ClF4N/c14-9-5-8(1-2-10(9)15)19-6-7-3-11(16)13(18)12(17)4-7/h1-5,19H,6H2. The lowest BCUT2D eigenvalue weighted by atomic mass is 10.2. The first-order chi connectivity index (χ1) is 8.97. The van der Waals surface area contributed by atoms with Crippen molar-refractivity contribution in [2.75, 3.05) is 5.32 Å². The second kappa shape index (κ2) is 5.48. The second-order valence-corrected chi connectivity index (χ2v) is 4.26. The van der Waals surface area contributed by atoms with Crippen LogP contribution in [0.4, 0.5) is 23.2 Å². The van der Waals surface area contributed by atoms with Crippen molar-refractivity contribution in [3.63, 3.8) is 0 Å². The van der Waals surface area contributed by atoms with Gasteiger partial charge in [0.1, 0.15) is 5.82 Å². The van der Waals surface area contributed by atoms with Crippen LogP contribution in [0.1, 0.15) is 5.56 Å². The molecule has 0 saturated carbocycles. The molecule has 0 amide bonds. The number of nitrogens with one attached hydrogen (secondary N) is 1. The van der Waals surface area contributed by atoms with E-state index in [0.29, 0.717) is 5.69 Å². The smallest absolute Gasteiger partial charge is 0.194 e. The average molecular weight is 290 g/mol. The van der Waals surface area contributed by atoms with Crippen molar-refractivity contribution in [1.82, 2.24) is 0 Å². The largest absolute Gasteiger partial charge is 0.381 e. The maximum atomic E-state index is 13.0. The molecule has 2 aromatic carbocycles. The molecule has 0 atom stereocenters. The number of hydrogen-bond acceptors (Lipinski definition) is 1. The number of rotatable bonds is 3. The summed E-state index contributed by atoms with van der Waals surface area (Å²) in [6.45, 7) is 0.0517. The van der Waals surface area contributed by atoms with Crippen LogP contribution in [-0.2, 0) is 6.54 Å². The first kappa shape index (κ1) is 13.7. The van der Waals surface area contributed by atoms with Gasteiger partial charge in [-0.25, -0.2) is 17.6 Å². The van der Waals surface area contributed by atoms with E-state index in [9.17, 15) is 17.6 Å². The van der Waals surface area contributed by atoms with Crippen LogP contribution in [0.25, 0.3) is 0 Å². The normalized spacial score (nSPS) is 10.6. The molecule has 2 aromatic rings. The average Bonchev–Trinajstić information content (AvgIpc) is 2.37. The molecule has 0 aliphatic carbocycles. The minimum Gasteiger partial charge on any atom is -0.381 e. The fourth-order valence-corrected chi connectivity index (χ4v) is 1.70. The molecule has 0 spiro atoms. The zero-order valence-corrected chi connectivity index (χ0v) is 10.2. The Bertz CT molecular complexity index is 593. The van der Waals surface area contributed by atoms with Gasteiger partial charge in [-0.3, -0.25) is 0 Å². The number of hydrogen-bond donors (Lipinski definition) is 1. The molecular formula is C13H8ClF4N. The molecule has 19 heavy (non-hydrogen) atoms. The molecule has 1 nitrogen and oxygen atoms in total. The van der Waals surface area contributed by atoms with Gasteiger partial charge in [-0.15, -0.1) is 0 Å². The zero-order valence-electron chi connectivity index (χ0n) is 9.48. The van der Waals surface area contributed by atoms with Crippen molar-refractivity contribution >= 4 is 17.3 Å². The van der Waals surface area contributed by atoms with Gasteiger partial charge in [0, 0.05) is 12.2 Å². The van der Waals surface area contributed by atoms with Gasteiger partial charge in [0.05, 0.1) is 5.02 Å². The Morgan fingerprint density at radius 1 is 0.895 bits per heavy atom. The summed E-state index contributed by atoms with van der Waals surface area (Å²) in [7, 11) is 0. The molecule has 0 saturated heterocycles. The lowest BCUT2D eigenvalue weighted by molar-refractivity contribution is 0.445. The van der Waals surface area contributed by atoms with Crippen LogP contribution in [0, 0.1) is 23.3 Å². The van der Waals surface area contributed by atoms with Crippen molar-refractivity contribution in [2.45, 2.75) is 6.54 Å². The molecule has 0 unspecified atom stereocenters. The Hall–Kier alpha value is -1.75. The van der Waals surface area contributed by atoms with Gasteiger partial charge in [0.15, 0.2) is 17.5 Å². The van der Waals surface area contributed by atoms with Gasteiger partial charge in [-0.05, 0) is 35.9 Å². The quantitative estimate of drug-likeness (QED) is 0.647. The van der Waals surface area contributed by atoms with Crippen LogP contribution in [-0.4, -0.2) is 0 Å². The molecule has 0 bridgehead atoms. The third kappa shape index (κ3) is 3.17. The Morgan fingerprint density at radius 3 is 2.11 bits per heavy atom. The van der Waals surface area contributed by atoms with E-state index in [-0.39, 0.29) is 17.1 Å². The summed E-state index contributed by atoms with van der Waals surface area (Å²) in [5.74, 6) is -4.58. The molecule has 100 valence electrons. The molecular weight excluding hydrogens is 282 g/mol. The summed E-state index contributed by atoms with van der Waals surface area (Å²) < 4.78 is 51.6. The lowest BCUT2D eigenvalue weighted by Gasteiger charge is -2.08. The third-order valence-corrected chi connectivity index (χ3v) is 2.75. The topological polar surface area (TPSA) is 12.0 Å². The fourth-order valence-electron chi connectivity index (χ4n) is 1.52. The molecule has 0 fully saturated rings. The van der Waals surface area contributed by atoms with Crippen LogP contribution in [0.3, 0.4) is 0 Å². The van der Waals surface area contributed by atoms with E-state index in [1.54, 1.807) is 0 Å². The monoisotopic (exact) mass is 289 g/mol. The summed E-state index contributed by atoms with van der Waals surface area (Å²) in [6, 6.07) is 5.70. The van der Waals surface area contributed by atoms with E-state index < -0.39 is 23.3 Å². The molecule has 0 heterocycles. The van der Waals surface area contributed by atoms with Gasteiger partial charge in [-0.1, -0.05) is 11.6 Å². The summed E-state index contributed by atoms with van der Waals surface area (Å²) in [5, 5.41) is 2.73. The number of benzene rings is 2. The van der Waals surface area contributed by atoms with Gasteiger partial charge in [-0.2, -0.15) is 0 Å². The molecule has 0 aliphatic rings. The first-order valence-electron chi connectivity index (χ1n) is 5.29. The van der Waals surface area contributed by atoms with E-state index in [1.165, 1.54) is 12.1 Å². The van der Waals surface area contributed by atoms with Crippen LogP contribution in [0.5, 0.6) is 0 Å². The molecule has 2 rings (SSSR count). The molecule has 6 heteroatoms. The van der Waals surface area contributed by atoms with E-state index >= 15 is 0 Å². The van der Waals surface area contributed by atoms with E-state index in [0.717, 1.165) is 18.2 Å². The van der Waals surface area contributed by atoms with Crippen LogP contribution in [0.2, 0.25) is 5.02 Å². The van der Waals surface area contributed by atoms with Crippen LogP contribution in [0.15, 0.2) is 30.3 Å². The highest BCUT2D eigenvalue weighted by atomic mass is 35.5. The predicted molar refractivity (Wildman–Crippen MR) is 65.1 cm³/mol. The van der Waals surface area contributed by atoms with Gasteiger partial charge in [0.2, 0.25) is 0 Å². The van der Waals surface area contributed by atoms with Crippen molar-refractivity contribution in [3.05, 3.63) is 64.2 Å². The Labute approximate surface area is 111 Å².